The number of likely N-dealkylation sites (tertiary alicyclic amines) is 1. The first-order valence-corrected chi connectivity index (χ1v) is 8.54. The van der Waals surface area contributed by atoms with Crippen molar-refractivity contribution in [2.24, 2.45) is 0 Å². The number of aryl methyl sites for hydroxylation is 2. The first-order valence-electron chi connectivity index (χ1n) is 7.66. The summed E-state index contributed by atoms with van der Waals surface area (Å²) in [7, 11) is 0. The molecule has 3 rings (SSSR count). The molecule has 1 aliphatic rings. The Hall–Kier alpha value is -2.14. The molecule has 1 N–H and O–H groups in total. The average Bonchev–Trinajstić information content (AvgIpc) is 2.93. The van der Waals surface area contributed by atoms with Gasteiger partial charge in [0.15, 0.2) is 0 Å². The number of carbonyl (C=O) groups is 2. The van der Waals surface area contributed by atoms with Crippen molar-refractivity contribution in [1.82, 2.24) is 4.90 Å². The van der Waals surface area contributed by atoms with Crippen LogP contribution in [0.15, 0.2) is 35.7 Å². The Morgan fingerprint density at radius 2 is 1.87 bits per heavy atom. The first kappa shape index (κ1) is 15.7. The molecule has 2 heterocycles. The summed E-state index contributed by atoms with van der Waals surface area (Å²) in [5.41, 5.74) is 2.09. The van der Waals surface area contributed by atoms with E-state index >= 15 is 0 Å². The zero-order chi connectivity index (χ0) is 16.6. The van der Waals surface area contributed by atoms with E-state index in [1.807, 2.05) is 56.5 Å². The van der Waals surface area contributed by atoms with Crippen molar-refractivity contribution < 1.29 is 9.59 Å². The molecule has 2 aromatic rings. The second kappa shape index (κ2) is 5.81. The summed E-state index contributed by atoms with van der Waals surface area (Å²) >= 11 is 1.43. The van der Waals surface area contributed by atoms with Gasteiger partial charge in [-0.05, 0) is 56.3 Å². The first-order chi connectivity index (χ1) is 10.9. The van der Waals surface area contributed by atoms with E-state index in [1.165, 1.54) is 11.3 Å². The lowest BCUT2D eigenvalue weighted by atomic mass is 9.85. The summed E-state index contributed by atoms with van der Waals surface area (Å²) in [6, 6.07) is 9.60. The van der Waals surface area contributed by atoms with Crippen LogP contribution < -0.4 is 5.32 Å². The molecule has 0 radical (unpaired) electrons. The number of nitrogens with zero attached hydrogens (tertiary/aromatic N) is 1. The van der Waals surface area contributed by atoms with Crippen molar-refractivity contribution in [3.63, 3.8) is 0 Å². The number of benzene rings is 1. The topological polar surface area (TPSA) is 49.4 Å². The van der Waals surface area contributed by atoms with Crippen molar-refractivity contribution >= 4 is 28.8 Å². The van der Waals surface area contributed by atoms with E-state index in [0.717, 1.165) is 21.7 Å². The van der Waals surface area contributed by atoms with Gasteiger partial charge >= 0.3 is 0 Å². The lowest BCUT2D eigenvalue weighted by Gasteiger charge is -2.48. The molecule has 0 saturated carbocycles. The lowest BCUT2D eigenvalue weighted by Crippen LogP contribution is -2.66. The predicted molar refractivity (Wildman–Crippen MR) is 92.9 cm³/mol. The number of amides is 2. The number of hydrogen-bond donors (Lipinski definition) is 1. The van der Waals surface area contributed by atoms with Crippen LogP contribution in [0, 0.1) is 13.8 Å². The summed E-state index contributed by atoms with van der Waals surface area (Å²) in [5.74, 6) is -0.180. The monoisotopic (exact) mass is 328 g/mol. The van der Waals surface area contributed by atoms with E-state index in [2.05, 4.69) is 5.32 Å². The van der Waals surface area contributed by atoms with Crippen LogP contribution >= 0.6 is 11.3 Å². The van der Waals surface area contributed by atoms with Crippen LogP contribution in [0.2, 0.25) is 0 Å². The zero-order valence-electron chi connectivity index (χ0n) is 13.6. The molecule has 1 fully saturated rings. The van der Waals surface area contributed by atoms with Crippen molar-refractivity contribution in [1.29, 1.82) is 0 Å². The number of hydrogen-bond acceptors (Lipinski definition) is 3. The maximum atomic E-state index is 12.7. The highest BCUT2D eigenvalue weighted by atomic mass is 32.1. The van der Waals surface area contributed by atoms with E-state index in [0.29, 0.717) is 13.0 Å². The van der Waals surface area contributed by atoms with E-state index < -0.39 is 5.54 Å². The third-order valence-electron chi connectivity index (χ3n) is 4.52. The van der Waals surface area contributed by atoms with Crippen molar-refractivity contribution in [3.8, 4) is 0 Å². The van der Waals surface area contributed by atoms with Crippen LogP contribution in [0.5, 0.6) is 0 Å². The van der Waals surface area contributed by atoms with Gasteiger partial charge < -0.3 is 10.2 Å². The standard InChI is InChI=1S/C18H20N2O2S/c1-12-4-6-14(7-5-12)19-17(22)18(3)9-10-20(18)16(21)15-13(2)8-11-23-15/h4-8,11H,9-10H2,1-3H3,(H,19,22). The molecular weight excluding hydrogens is 308 g/mol. The van der Waals surface area contributed by atoms with Gasteiger partial charge in [0.1, 0.15) is 5.54 Å². The maximum Gasteiger partial charge on any atom is 0.265 e. The Morgan fingerprint density at radius 1 is 1.17 bits per heavy atom. The molecule has 0 bridgehead atoms. The van der Waals surface area contributed by atoms with Crippen LogP contribution in [0.3, 0.4) is 0 Å². The normalized spacial score (nSPS) is 20.0. The zero-order valence-corrected chi connectivity index (χ0v) is 14.4. The molecule has 23 heavy (non-hydrogen) atoms. The van der Waals surface area contributed by atoms with Gasteiger partial charge in [-0.15, -0.1) is 11.3 Å². The van der Waals surface area contributed by atoms with Crippen molar-refractivity contribution in [2.75, 3.05) is 11.9 Å². The Bertz CT molecular complexity index is 751. The number of anilines is 1. The third-order valence-corrected chi connectivity index (χ3v) is 5.52. The van der Waals surface area contributed by atoms with Crippen molar-refractivity contribution in [2.45, 2.75) is 32.7 Å². The van der Waals surface area contributed by atoms with Crippen LogP contribution in [0.4, 0.5) is 5.69 Å². The Labute approximate surface area is 140 Å². The highest BCUT2D eigenvalue weighted by molar-refractivity contribution is 7.12. The van der Waals surface area contributed by atoms with Gasteiger partial charge in [-0.25, -0.2) is 0 Å². The van der Waals surface area contributed by atoms with Crippen LogP contribution in [0.1, 0.15) is 34.1 Å². The molecule has 120 valence electrons. The molecule has 5 heteroatoms. The van der Waals surface area contributed by atoms with E-state index in [4.69, 9.17) is 0 Å². The summed E-state index contributed by atoms with van der Waals surface area (Å²) in [4.78, 5) is 27.7. The number of nitrogens with one attached hydrogen (secondary N) is 1. The molecule has 0 spiro atoms. The summed E-state index contributed by atoms with van der Waals surface area (Å²) in [6.07, 6.45) is 0.681. The molecule has 1 unspecified atom stereocenters. The molecular formula is C18H20N2O2S. The van der Waals surface area contributed by atoms with Gasteiger partial charge in [0.05, 0.1) is 4.88 Å². The fourth-order valence-corrected chi connectivity index (χ4v) is 3.61. The number of thiophene rings is 1. The summed E-state index contributed by atoms with van der Waals surface area (Å²) in [5, 5.41) is 4.84. The largest absolute Gasteiger partial charge is 0.324 e. The highest BCUT2D eigenvalue weighted by Crippen LogP contribution is 2.34. The molecule has 1 aromatic carbocycles. The third kappa shape index (κ3) is 2.77. The van der Waals surface area contributed by atoms with Gasteiger partial charge in [0, 0.05) is 12.2 Å². The van der Waals surface area contributed by atoms with Gasteiger partial charge in [-0.1, -0.05) is 17.7 Å². The molecule has 4 nitrogen and oxygen atoms in total. The van der Waals surface area contributed by atoms with Gasteiger partial charge in [-0.3, -0.25) is 9.59 Å². The molecule has 2 amide bonds. The van der Waals surface area contributed by atoms with Gasteiger partial charge in [-0.2, -0.15) is 0 Å². The second-order valence-corrected chi connectivity index (χ2v) is 7.15. The molecule has 1 atom stereocenters. The minimum absolute atomic E-state index is 0.0506. The molecule has 0 aliphatic carbocycles. The Balaban J connectivity index is 1.76. The number of rotatable bonds is 3. The smallest absolute Gasteiger partial charge is 0.265 e. The maximum absolute atomic E-state index is 12.7. The Kier molecular flexibility index (Phi) is 3.98. The van der Waals surface area contributed by atoms with Gasteiger partial charge in [0.25, 0.3) is 5.91 Å². The summed E-state index contributed by atoms with van der Waals surface area (Å²) in [6.45, 7) is 6.38. The van der Waals surface area contributed by atoms with Crippen LogP contribution in [-0.4, -0.2) is 28.8 Å². The fourth-order valence-electron chi connectivity index (χ4n) is 2.74. The molecule has 1 aromatic heterocycles. The van der Waals surface area contributed by atoms with E-state index in [9.17, 15) is 9.59 Å². The van der Waals surface area contributed by atoms with Crippen LogP contribution in [-0.2, 0) is 4.79 Å². The number of carbonyl (C=O) groups excluding carboxylic acids is 2. The average molecular weight is 328 g/mol. The van der Waals surface area contributed by atoms with Crippen LogP contribution in [0.25, 0.3) is 0 Å². The highest BCUT2D eigenvalue weighted by Gasteiger charge is 2.50. The SMILES string of the molecule is Cc1ccc(NC(=O)C2(C)CCN2C(=O)c2sccc2C)cc1. The van der Waals surface area contributed by atoms with E-state index in [1.54, 1.807) is 4.90 Å². The fraction of sp³-hybridized carbons (Fsp3) is 0.333. The quantitative estimate of drug-likeness (QED) is 0.936. The van der Waals surface area contributed by atoms with Crippen molar-refractivity contribution in [3.05, 3.63) is 51.7 Å². The second-order valence-electron chi connectivity index (χ2n) is 6.23. The molecule has 1 aliphatic heterocycles. The lowest BCUT2D eigenvalue weighted by molar-refractivity contribution is -0.132. The minimum atomic E-state index is -0.779. The predicted octanol–water partition coefficient (Wildman–Crippen LogP) is 3.61. The molecule has 1 saturated heterocycles. The Morgan fingerprint density at radius 3 is 2.39 bits per heavy atom. The van der Waals surface area contributed by atoms with Gasteiger partial charge in [0.2, 0.25) is 5.91 Å². The minimum Gasteiger partial charge on any atom is -0.324 e. The van der Waals surface area contributed by atoms with E-state index in [-0.39, 0.29) is 11.8 Å². The summed E-state index contributed by atoms with van der Waals surface area (Å²) < 4.78 is 0.